The third kappa shape index (κ3) is 4.43. The second kappa shape index (κ2) is 7.59. The maximum atomic E-state index is 11.1. The molecule has 24 heavy (non-hydrogen) atoms. The number of rotatable bonds is 5. The number of aromatic carboxylic acids is 2. The highest BCUT2D eigenvalue weighted by Crippen LogP contribution is 2.24. The summed E-state index contributed by atoms with van der Waals surface area (Å²) in [6.45, 7) is 3.97. The number of hydrogen-bond acceptors (Lipinski definition) is 4. The third-order valence-electron chi connectivity index (χ3n) is 3.47. The molecule has 0 aliphatic heterocycles. The predicted octanol–water partition coefficient (Wildman–Crippen LogP) is 4.31. The highest BCUT2D eigenvalue weighted by atomic mass is 32.2. The van der Waals surface area contributed by atoms with Crippen LogP contribution in [0.4, 0.5) is 0 Å². The SMILES string of the molecule is Cc1ccc(C)c(C(=S)SCc2cc(C(=O)O)cc(C(=O)O)c2)c1. The Kier molecular flexibility index (Phi) is 5.75. The first-order valence-corrected chi connectivity index (χ1v) is 8.52. The van der Waals surface area contributed by atoms with E-state index < -0.39 is 11.9 Å². The summed E-state index contributed by atoms with van der Waals surface area (Å²) >= 11 is 6.86. The Morgan fingerprint density at radius 2 is 1.58 bits per heavy atom. The molecule has 0 bridgehead atoms. The molecule has 2 rings (SSSR count). The minimum absolute atomic E-state index is 0.0387. The average molecular weight is 360 g/mol. The van der Waals surface area contributed by atoms with E-state index in [4.69, 9.17) is 22.4 Å². The van der Waals surface area contributed by atoms with E-state index in [1.54, 1.807) is 0 Å². The van der Waals surface area contributed by atoms with E-state index in [2.05, 4.69) is 0 Å². The molecule has 0 aliphatic rings. The molecule has 0 aliphatic carbocycles. The molecule has 0 heterocycles. The lowest BCUT2D eigenvalue weighted by Crippen LogP contribution is -2.04. The molecule has 2 aromatic rings. The minimum Gasteiger partial charge on any atom is -0.478 e. The van der Waals surface area contributed by atoms with E-state index >= 15 is 0 Å². The predicted molar refractivity (Wildman–Crippen MR) is 99.3 cm³/mol. The van der Waals surface area contributed by atoms with Gasteiger partial charge in [-0.2, -0.15) is 0 Å². The van der Waals surface area contributed by atoms with Crippen LogP contribution >= 0.6 is 24.0 Å². The maximum Gasteiger partial charge on any atom is 0.335 e. The van der Waals surface area contributed by atoms with Crippen LogP contribution in [0.1, 0.15) is 43.0 Å². The lowest BCUT2D eigenvalue weighted by molar-refractivity contribution is 0.0696. The van der Waals surface area contributed by atoms with Crippen molar-refractivity contribution in [2.75, 3.05) is 0 Å². The summed E-state index contributed by atoms with van der Waals surface area (Å²) in [6, 6.07) is 10.1. The van der Waals surface area contributed by atoms with Crippen molar-refractivity contribution in [1.29, 1.82) is 0 Å². The van der Waals surface area contributed by atoms with Crippen LogP contribution in [-0.2, 0) is 5.75 Å². The van der Waals surface area contributed by atoms with Gasteiger partial charge in [0.1, 0.15) is 0 Å². The lowest BCUT2D eigenvalue weighted by atomic mass is 10.1. The molecule has 0 aromatic heterocycles. The van der Waals surface area contributed by atoms with E-state index in [0.717, 1.165) is 22.8 Å². The van der Waals surface area contributed by atoms with E-state index in [1.165, 1.54) is 23.9 Å². The van der Waals surface area contributed by atoms with Crippen molar-refractivity contribution < 1.29 is 19.8 Å². The second-order valence-electron chi connectivity index (χ2n) is 5.42. The van der Waals surface area contributed by atoms with Crippen molar-refractivity contribution in [3.05, 3.63) is 69.8 Å². The third-order valence-corrected chi connectivity index (χ3v) is 5.00. The molecule has 2 aromatic carbocycles. The van der Waals surface area contributed by atoms with Crippen molar-refractivity contribution in [3.63, 3.8) is 0 Å². The van der Waals surface area contributed by atoms with Crippen molar-refractivity contribution in [2.45, 2.75) is 19.6 Å². The van der Waals surface area contributed by atoms with Gasteiger partial charge < -0.3 is 10.2 Å². The fourth-order valence-electron chi connectivity index (χ4n) is 2.20. The van der Waals surface area contributed by atoms with Gasteiger partial charge in [-0.1, -0.05) is 29.9 Å². The van der Waals surface area contributed by atoms with Crippen molar-refractivity contribution in [1.82, 2.24) is 0 Å². The fourth-order valence-corrected chi connectivity index (χ4v) is 3.44. The Balaban J connectivity index is 2.22. The number of thioether (sulfide) groups is 1. The highest BCUT2D eigenvalue weighted by molar-refractivity contribution is 8.23. The number of aryl methyl sites for hydroxylation is 2. The van der Waals surface area contributed by atoms with Crippen molar-refractivity contribution in [3.8, 4) is 0 Å². The maximum absolute atomic E-state index is 11.1. The van der Waals surface area contributed by atoms with Gasteiger partial charge in [-0.15, -0.1) is 11.8 Å². The largest absolute Gasteiger partial charge is 0.478 e. The fraction of sp³-hybridized carbons (Fsp3) is 0.167. The van der Waals surface area contributed by atoms with E-state index in [0.29, 0.717) is 15.5 Å². The summed E-state index contributed by atoms with van der Waals surface area (Å²) in [5.41, 5.74) is 3.70. The summed E-state index contributed by atoms with van der Waals surface area (Å²) in [7, 11) is 0. The first-order chi connectivity index (χ1) is 11.3. The first kappa shape index (κ1) is 18.2. The molecule has 0 saturated heterocycles. The summed E-state index contributed by atoms with van der Waals surface area (Å²) in [6.07, 6.45) is 0. The molecular formula is C18H16O4S2. The van der Waals surface area contributed by atoms with Crippen LogP contribution in [0.5, 0.6) is 0 Å². The average Bonchev–Trinajstić information content (AvgIpc) is 2.54. The Morgan fingerprint density at radius 3 is 2.12 bits per heavy atom. The quantitative estimate of drug-likeness (QED) is 0.774. The van der Waals surface area contributed by atoms with E-state index in [9.17, 15) is 9.59 Å². The number of thiocarbonyl (C=S) groups is 1. The number of benzene rings is 2. The van der Waals surface area contributed by atoms with Crippen molar-refractivity contribution >= 4 is 40.1 Å². The summed E-state index contributed by atoms with van der Waals surface area (Å²) in [4.78, 5) is 22.3. The summed E-state index contributed by atoms with van der Waals surface area (Å²) in [5, 5.41) is 18.2. The molecule has 0 fully saturated rings. The second-order valence-corrected chi connectivity index (χ2v) is 7.08. The van der Waals surface area contributed by atoms with Crippen LogP contribution in [0, 0.1) is 13.8 Å². The molecule has 124 valence electrons. The Bertz CT molecular complexity index is 796. The molecular weight excluding hydrogens is 344 g/mol. The number of carboxylic acid groups (broad SMARTS) is 2. The van der Waals surface area contributed by atoms with Crippen molar-refractivity contribution in [2.24, 2.45) is 0 Å². The topological polar surface area (TPSA) is 74.6 Å². The lowest BCUT2D eigenvalue weighted by Gasteiger charge is -2.09. The van der Waals surface area contributed by atoms with Gasteiger partial charge in [0.05, 0.1) is 15.3 Å². The van der Waals surface area contributed by atoms with Gasteiger partial charge in [0, 0.05) is 11.3 Å². The molecule has 0 unspecified atom stereocenters. The molecule has 0 atom stereocenters. The number of carboxylic acids is 2. The van der Waals surface area contributed by atoms with Crippen LogP contribution in [0.25, 0.3) is 0 Å². The zero-order valence-corrected chi connectivity index (χ0v) is 14.8. The number of hydrogen-bond donors (Lipinski definition) is 2. The van der Waals surface area contributed by atoms with Gasteiger partial charge in [-0.3, -0.25) is 0 Å². The molecule has 4 nitrogen and oxygen atoms in total. The highest BCUT2D eigenvalue weighted by Gasteiger charge is 2.13. The molecule has 6 heteroatoms. The molecule has 2 N–H and O–H groups in total. The normalized spacial score (nSPS) is 10.4. The first-order valence-electron chi connectivity index (χ1n) is 7.13. The van der Waals surface area contributed by atoms with Crippen LogP contribution in [0.3, 0.4) is 0 Å². The van der Waals surface area contributed by atoms with Gasteiger partial charge in [-0.05, 0) is 49.2 Å². The Morgan fingerprint density at radius 1 is 1.00 bits per heavy atom. The van der Waals surface area contributed by atoms with E-state index in [1.807, 2.05) is 32.0 Å². The van der Waals surface area contributed by atoms with Crippen LogP contribution in [0.2, 0.25) is 0 Å². The van der Waals surface area contributed by atoms with Gasteiger partial charge >= 0.3 is 11.9 Å². The van der Waals surface area contributed by atoms with E-state index in [-0.39, 0.29) is 11.1 Å². The van der Waals surface area contributed by atoms with Gasteiger partial charge in [0.2, 0.25) is 0 Å². The van der Waals surface area contributed by atoms with Crippen LogP contribution < -0.4 is 0 Å². The van der Waals surface area contributed by atoms with Crippen LogP contribution in [0.15, 0.2) is 36.4 Å². The van der Waals surface area contributed by atoms with Crippen LogP contribution in [-0.4, -0.2) is 26.3 Å². The molecule has 0 spiro atoms. The molecule has 0 amide bonds. The zero-order valence-electron chi connectivity index (χ0n) is 13.2. The summed E-state index contributed by atoms with van der Waals surface area (Å²) in [5.74, 6) is -1.89. The smallest absolute Gasteiger partial charge is 0.335 e. The molecule has 0 saturated carbocycles. The molecule has 0 radical (unpaired) electrons. The van der Waals surface area contributed by atoms with Gasteiger partial charge in [-0.25, -0.2) is 9.59 Å². The monoisotopic (exact) mass is 360 g/mol. The zero-order chi connectivity index (χ0) is 17.9. The standard InChI is InChI=1S/C18H16O4S2/c1-10-3-4-11(2)15(5-10)18(23)24-9-12-6-13(16(19)20)8-14(7-12)17(21)22/h3-8H,9H2,1-2H3,(H,19,20)(H,21,22). The Labute approximate surface area is 149 Å². The minimum atomic E-state index is -1.15. The Hall–Kier alpha value is -2.18. The summed E-state index contributed by atoms with van der Waals surface area (Å²) < 4.78 is 0.703. The number of carbonyl (C=O) groups is 2. The van der Waals surface area contributed by atoms with Gasteiger partial charge in [0.25, 0.3) is 0 Å². The van der Waals surface area contributed by atoms with Gasteiger partial charge in [0.15, 0.2) is 0 Å².